The Morgan fingerprint density at radius 2 is 1.91 bits per heavy atom. The van der Waals surface area contributed by atoms with E-state index in [1.165, 1.54) is 30.4 Å². The molecule has 11 heavy (non-hydrogen) atoms. The summed E-state index contributed by atoms with van der Waals surface area (Å²) < 4.78 is 0. The van der Waals surface area contributed by atoms with E-state index < -0.39 is 0 Å². The maximum Gasteiger partial charge on any atom is 0 e. The normalized spacial score (nSPS) is 10.6. The number of allylic oxidation sites excluding steroid dienone is 3. The molecular formula is C10H18Ru. The molecule has 0 spiro atoms. The van der Waals surface area contributed by atoms with Gasteiger partial charge in [0.1, 0.15) is 0 Å². The molecule has 0 unspecified atom stereocenters. The Morgan fingerprint density at radius 1 is 1.36 bits per heavy atom. The minimum atomic E-state index is 0. The zero-order valence-electron chi connectivity index (χ0n) is 7.76. The van der Waals surface area contributed by atoms with Gasteiger partial charge in [0.2, 0.25) is 0 Å². The molecule has 0 rings (SSSR count). The predicted octanol–water partition coefficient (Wildman–Crippen LogP) is 3.70. The van der Waals surface area contributed by atoms with Crippen LogP contribution < -0.4 is 0 Å². The van der Waals surface area contributed by atoms with Gasteiger partial charge < -0.3 is 0 Å². The van der Waals surface area contributed by atoms with Gasteiger partial charge in [-0.05, 0) is 20.3 Å². The van der Waals surface area contributed by atoms with E-state index in [0.29, 0.717) is 0 Å². The third-order valence-corrected chi connectivity index (χ3v) is 1.68. The van der Waals surface area contributed by atoms with E-state index in [0.717, 1.165) is 0 Å². The third kappa shape index (κ3) is 8.01. The summed E-state index contributed by atoms with van der Waals surface area (Å²) in [6.45, 7) is 10.3. The molecule has 0 amide bonds. The Bertz CT molecular complexity index is 134. The van der Waals surface area contributed by atoms with Crippen molar-refractivity contribution in [2.75, 3.05) is 0 Å². The first-order chi connectivity index (χ1) is 4.68. The Hall–Kier alpha value is 0.103. The van der Waals surface area contributed by atoms with Crippen LogP contribution in [-0.2, 0) is 19.5 Å². The van der Waals surface area contributed by atoms with E-state index >= 15 is 0 Å². The Morgan fingerprint density at radius 3 is 2.27 bits per heavy atom. The van der Waals surface area contributed by atoms with Crippen LogP contribution in [0, 0.1) is 0 Å². The van der Waals surface area contributed by atoms with Gasteiger partial charge in [-0.25, -0.2) is 0 Å². The molecule has 0 atom stereocenters. The van der Waals surface area contributed by atoms with Crippen molar-refractivity contribution in [3.8, 4) is 0 Å². The van der Waals surface area contributed by atoms with Gasteiger partial charge in [-0.2, -0.15) is 0 Å². The Kier molecular flexibility index (Phi) is 10.2. The van der Waals surface area contributed by atoms with Crippen LogP contribution in [0.25, 0.3) is 0 Å². The van der Waals surface area contributed by atoms with Crippen molar-refractivity contribution in [3.63, 3.8) is 0 Å². The molecule has 1 heteroatoms. The first-order valence-corrected chi connectivity index (χ1v) is 4.01. The quantitative estimate of drug-likeness (QED) is 0.399. The van der Waals surface area contributed by atoms with Crippen molar-refractivity contribution >= 4 is 0 Å². The SMILES string of the molecule is C=C(C)C(C)=CCCCC.[Ru]. The van der Waals surface area contributed by atoms with Crippen LogP contribution in [0.1, 0.15) is 40.0 Å². The number of rotatable bonds is 4. The van der Waals surface area contributed by atoms with E-state index in [2.05, 4.69) is 33.4 Å². The fourth-order valence-electron chi connectivity index (χ4n) is 0.697. The van der Waals surface area contributed by atoms with Crippen molar-refractivity contribution in [2.45, 2.75) is 40.0 Å². The fraction of sp³-hybridized carbons (Fsp3) is 0.600. The van der Waals surface area contributed by atoms with Gasteiger partial charge in [-0.1, -0.05) is 43.6 Å². The largest absolute Gasteiger partial charge is 0.0959 e. The summed E-state index contributed by atoms with van der Waals surface area (Å²) in [5.74, 6) is 0. The zero-order valence-corrected chi connectivity index (χ0v) is 9.50. The van der Waals surface area contributed by atoms with E-state index in [-0.39, 0.29) is 19.5 Å². The molecule has 0 aromatic carbocycles. The van der Waals surface area contributed by atoms with Crippen LogP contribution >= 0.6 is 0 Å². The molecule has 0 N–H and O–H groups in total. The first-order valence-electron chi connectivity index (χ1n) is 4.01. The van der Waals surface area contributed by atoms with Gasteiger partial charge in [0.05, 0.1) is 0 Å². The molecule has 0 aliphatic rings. The van der Waals surface area contributed by atoms with E-state index in [9.17, 15) is 0 Å². The topological polar surface area (TPSA) is 0 Å². The average Bonchev–Trinajstić information content (AvgIpc) is 1.88. The monoisotopic (exact) mass is 240 g/mol. The summed E-state index contributed by atoms with van der Waals surface area (Å²) in [7, 11) is 0. The van der Waals surface area contributed by atoms with Gasteiger partial charge in [0.15, 0.2) is 0 Å². The van der Waals surface area contributed by atoms with Gasteiger partial charge >= 0.3 is 0 Å². The van der Waals surface area contributed by atoms with Crippen molar-refractivity contribution in [1.29, 1.82) is 0 Å². The van der Waals surface area contributed by atoms with E-state index in [4.69, 9.17) is 0 Å². The number of unbranched alkanes of at least 4 members (excludes halogenated alkanes) is 2. The summed E-state index contributed by atoms with van der Waals surface area (Å²) in [6, 6.07) is 0. The standard InChI is InChI=1S/C10H18.Ru/c1-5-6-7-8-10(4)9(2)3;/h8H,2,5-7H2,1,3-4H3;. The van der Waals surface area contributed by atoms with E-state index in [1.807, 2.05) is 0 Å². The molecule has 0 aliphatic heterocycles. The van der Waals surface area contributed by atoms with Crippen LogP contribution in [0.4, 0.5) is 0 Å². The summed E-state index contributed by atoms with van der Waals surface area (Å²) >= 11 is 0. The minimum absolute atomic E-state index is 0. The number of hydrogen-bond acceptors (Lipinski definition) is 0. The summed E-state index contributed by atoms with van der Waals surface area (Å²) in [6.07, 6.45) is 6.05. The molecule has 0 saturated heterocycles. The van der Waals surface area contributed by atoms with Gasteiger partial charge in [-0.3, -0.25) is 0 Å². The fourth-order valence-corrected chi connectivity index (χ4v) is 0.697. The first kappa shape index (κ1) is 13.7. The molecule has 0 aromatic heterocycles. The molecule has 0 saturated carbocycles. The van der Waals surface area contributed by atoms with Crippen LogP contribution in [-0.4, -0.2) is 0 Å². The predicted molar refractivity (Wildman–Crippen MR) is 48.1 cm³/mol. The molecule has 0 radical (unpaired) electrons. The summed E-state index contributed by atoms with van der Waals surface area (Å²) in [5, 5.41) is 0. The zero-order chi connectivity index (χ0) is 7.98. The molecule has 0 aromatic rings. The number of hydrogen-bond donors (Lipinski definition) is 0. The smallest absolute Gasteiger partial charge is 0 e. The second-order valence-corrected chi connectivity index (χ2v) is 2.81. The summed E-state index contributed by atoms with van der Waals surface area (Å²) in [5.41, 5.74) is 2.53. The average molecular weight is 239 g/mol. The molecule has 0 aliphatic carbocycles. The van der Waals surface area contributed by atoms with Crippen molar-refractivity contribution in [1.82, 2.24) is 0 Å². The molecule has 0 fully saturated rings. The molecular weight excluding hydrogens is 221 g/mol. The summed E-state index contributed by atoms with van der Waals surface area (Å²) in [4.78, 5) is 0. The van der Waals surface area contributed by atoms with Crippen molar-refractivity contribution in [2.24, 2.45) is 0 Å². The van der Waals surface area contributed by atoms with E-state index in [1.54, 1.807) is 0 Å². The molecule has 66 valence electrons. The Balaban J connectivity index is 0. The van der Waals surface area contributed by atoms with Crippen LogP contribution in [0.5, 0.6) is 0 Å². The molecule has 0 nitrogen and oxygen atoms in total. The molecule has 0 bridgehead atoms. The third-order valence-electron chi connectivity index (χ3n) is 1.68. The second kappa shape index (κ2) is 8.20. The van der Waals surface area contributed by atoms with Crippen LogP contribution in [0.2, 0.25) is 0 Å². The van der Waals surface area contributed by atoms with Crippen LogP contribution in [0.15, 0.2) is 23.8 Å². The van der Waals surface area contributed by atoms with Crippen LogP contribution in [0.3, 0.4) is 0 Å². The maximum absolute atomic E-state index is 3.87. The van der Waals surface area contributed by atoms with Crippen molar-refractivity contribution < 1.29 is 19.5 Å². The Labute approximate surface area is 83.5 Å². The van der Waals surface area contributed by atoms with Gasteiger partial charge in [0.25, 0.3) is 0 Å². The van der Waals surface area contributed by atoms with Gasteiger partial charge in [-0.15, -0.1) is 0 Å². The maximum atomic E-state index is 3.87. The molecule has 0 heterocycles. The van der Waals surface area contributed by atoms with Crippen molar-refractivity contribution in [3.05, 3.63) is 23.8 Å². The second-order valence-electron chi connectivity index (χ2n) is 2.81. The minimum Gasteiger partial charge on any atom is -0.0959 e. The van der Waals surface area contributed by atoms with Gasteiger partial charge in [0, 0.05) is 19.5 Å².